The van der Waals surface area contributed by atoms with Crippen LogP contribution in [0.4, 0.5) is 5.69 Å². The second kappa shape index (κ2) is 5.48. The van der Waals surface area contributed by atoms with Gasteiger partial charge >= 0.3 is 0 Å². The van der Waals surface area contributed by atoms with Gasteiger partial charge in [-0.3, -0.25) is 0 Å². The Morgan fingerprint density at radius 2 is 1.79 bits per heavy atom. The van der Waals surface area contributed by atoms with Crippen LogP contribution in [0, 0.1) is 13.8 Å². The van der Waals surface area contributed by atoms with Gasteiger partial charge in [0.25, 0.3) is 0 Å². The van der Waals surface area contributed by atoms with Crippen molar-refractivity contribution >= 4 is 15.7 Å². The van der Waals surface area contributed by atoms with E-state index in [0.717, 1.165) is 5.56 Å². The van der Waals surface area contributed by atoms with Crippen LogP contribution in [0.2, 0.25) is 0 Å². The lowest BCUT2D eigenvalue weighted by Crippen LogP contribution is -2.46. The molecule has 0 atom stereocenters. The Balaban J connectivity index is 3.26. The third kappa shape index (κ3) is 3.68. The van der Waals surface area contributed by atoms with Crippen molar-refractivity contribution in [3.8, 4) is 0 Å². The average Bonchev–Trinajstić information content (AvgIpc) is 2.21. The first kappa shape index (κ1) is 15.9. The quantitative estimate of drug-likeness (QED) is 0.805. The zero-order valence-electron chi connectivity index (χ0n) is 12.1. The molecule has 0 aliphatic heterocycles. The van der Waals surface area contributed by atoms with Crippen LogP contribution in [0.15, 0.2) is 17.0 Å². The molecule has 1 rings (SSSR count). The minimum absolute atomic E-state index is 0.150. The number of nitrogen functional groups attached to an aromatic ring is 1. The first-order valence-corrected chi connectivity index (χ1v) is 7.47. The molecule has 1 aromatic rings. The number of anilines is 1. The Kier molecular flexibility index (Phi) is 4.60. The van der Waals surface area contributed by atoms with Crippen LogP contribution < -0.4 is 10.5 Å². The third-order valence-electron chi connectivity index (χ3n) is 2.80. The van der Waals surface area contributed by atoms with Crippen LogP contribution >= 0.6 is 0 Å². The van der Waals surface area contributed by atoms with Gasteiger partial charge in [-0.05, 0) is 38.8 Å². The smallest absolute Gasteiger partial charge is 0.243 e. The highest BCUT2D eigenvalue weighted by molar-refractivity contribution is 7.89. The molecular weight excluding hydrogens is 264 g/mol. The Hall–Kier alpha value is -1.11. The molecule has 5 nitrogen and oxygen atoms in total. The minimum Gasteiger partial charge on any atom is -0.397 e. The van der Waals surface area contributed by atoms with Gasteiger partial charge in [0, 0.05) is 7.11 Å². The molecule has 0 saturated heterocycles. The molecule has 0 aromatic heterocycles. The monoisotopic (exact) mass is 286 g/mol. The van der Waals surface area contributed by atoms with Crippen LogP contribution in [0.5, 0.6) is 0 Å². The van der Waals surface area contributed by atoms with E-state index in [4.69, 9.17) is 10.5 Å². The summed E-state index contributed by atoms with van der Waals surface area (Å²) in [5, 5.41) is 0. The van der Waals surface area contributed by atoms with Crippen LogP contribution in [0.25, 0.3) is 0 Å². The van der Waals surface area contributed by atoms with Crippen molar-refractivity contribution in [2.24, 2.45) is 0 Å². The summed E-state index contributed by atoms with van der Waals surface area (Å²) in [6.45, 7) is 7.31. The number of methoxy groups -OCH3 is 1. The summed E-state index contributed by atoms with van der Waals surface area (Å²) in [5.41, 5.74) is 6.88. The molecule has 0 aliphatic carbocycles. The van der Waals surface area contributed by atoms with E-state index < -0.39 is 15.6 Å². The van der Waals surface area contributed by atoms with E-state index in [1.807, 2.05) is 6.07 Å². The number of hydrogen-bond acceptors (Lipinski definition) is 4. The number of ether oxygens (including phenoxy) is 1. The molecular formula is C13H22N2O3S. The third-order valence-corrected chi connectivity index (χ3v) is 4.70. The van der Waals surface area contributed by atoms with Gasteiger partial charge in [-0.1, -0.05) is 12.1 Å². The lowest BCUT2D eigenvalue weighted by Gasteiger charge is -2.26. The number of benzene rings is 1. The lowest BCUT2D eigenvalue weighted by molar-refractivity contribution is 0.141. The molecule has 0 bridgehead atoms. The number of rotatable bonds is 5. The average molecular weight is 286 g/mol. The molecule has 0 saturated carbocycles. The lowest BCUT2D eigenvalue weighted by atomic mass is 10.1. The topological polar surface area (TPSA) is 81.4 Å². The van der Waals surface area contributed by atoms with E-state index in [1.54, 1.807) is 33.8 Å². The molecule has 0 fully saturated rings. The summed E-state index contributed by atoms with van der Waals surface area (Å²) in [6.07, 6.45) is 0. The first-order chi connectivity index (χ1) is 8.60. The van der Waals surface area contributed by atoms with Crippen LogP contribution in [-0.2, 0) is 14.8 Å². The van der Waals surface area contributed by atoms with Gasteiger partial charge in [0.15, 0.2) is 0 Å². The molecule has 0 aliphatic rings. The van der Waals surface area contributed by atoms with Crippen molar-refractivity contribution in [2.45, 2.75) is 38.1 Å². The van der Waals surface area contributed by atoms with E-state index in [0.29, 0.717) is 11.3 Å². The van der Waals surface area contributed by atoms with E-state index in [1.165, 1.54) is 7.11 Å². The zero-order chi connectivity index (χ0) is 14.8. The van der Waals surface area contributed by atoms with Crippen molar-refractivity contribution in [3.63, 3.8) is 0 Å². The fourth-order valence-corrected chi connectivity index (χ4v) is 3.80. The Bertz CT molecular complexity index is 565. The Morgan fingerprint density at radius 3 is 2.32 bits per heavy atom. The summed E-state index contributed by atoms with van der Waals surface area (Å²) in [7, 11) is -2.15. The number of hydrogen-bond donors (Lipinski definition) is 2. The Labute approximate surface area is 115 Å². The number of sulfonamides is 1. The van der Waals surface area contributed by atoms with Crippen molar-refractivity contribution < 1.29 is 13.2 Å². The number of nitrogens with one attached hydrogen (secondary N) is 1. The molecule has 19 heavy (non-hydrogen) atoms. The molecule has 0 amide bonds. The Morgan fingerprint density at radius 1 is 1.26 bits per heavy atom. The normalized spacial score (nSPS) is 12.7. The van der Waals surface area contributed by atoms with Crippen LogP contribution in [0.1, 0.15) is 25.0 Å². The second-order valence-electron chi connectivity index (χ2n) is 5.36. The molecule has 0 radical (unpaired) electrons. The van der Waals surface area contributed by atoms with Crippen molar-refractivity contribution in [1.82, 2.24) is 4.72 Å². The number of aryl methyl sites for hydroxylation is 2. The summed E-state index contributed by atoms with van der Waals surface area (Å²) in [4.78, 5) is 0.150. The van der Waals surface area contributed by atoms with Gasteiger partial charge in [0.2, 0.25) is 10.0 Å². The maximum absolute atomic E-state index is 12.5. The van der Waals surface area contributed by atoms with E-state index >= 15 is 0 Å². The SMILES string of the molecule is COCC(C)(C)NS(=O)(=O)c1c(C)ccc(C)c1N. The maximum Gasteiger partial charge on any atom is 0.243 e. The van der Waals surface area contributed by atoms with Crippen molar-refractivity contribution in [3.05, 3.63) is 23.3 Å². The fourth-order valence-electron chi connectivity index (χ4n) is 1.97. The van der Waals surface area contributed by atoms with Gasteiger partial charge in [-0.25, -0.2) is 13.1 Å². The minimum atomic E-state index is -3.68. The van der Waals surface area contributed by atoms with Gasteiger partial charge in [-0.2, -0.15) is 0 Å². The maximum atomic E-state index is 12.5. The predicted octanol–water partition coefficient (Wildman–Crippen LogP) is 1.59. The first-order valence-electron chi connectivity index (χ1n) is 5.99. The highest BCUT2D eigenvalue weighted by atomic mass is 32.2. The van der Waals surface area contributed by atoms with E-state index in [2.05, 4.69) is 4.72 Å². The van der Waals surface area contributed by atoms with E-state index in [9.17, 15) is 8.42 Å². The summed E-state index contributed by atoms with van der Waals surface area (Å²) >= 11 is 0. The van der Waals surface area contributed by atoms with Crippen molar-refractivity contribution in [2.75, 3.05) is 19.5 Å². The summed E-state index contributed by atoms with van der Waals surface area (Å²) < 4.78 is 32.6. The summed E-state index contributed by atoms with van der Waals surface area (Å²) in [6, 6.07) is 3.56. The highest BCUT2D eigenvalue weighted by Gasteiger charge is 2.29. The van der Waals surface area contributed by atoms with E-state index in [-0.39, 0.29) is 11.5 Å². The largest absolute Gasteiger partial charge is 0.397 e. The molecule has 108 valence electrons. The van der Waals surface area contributed by atoms with Gasteiger partial charge in [0.1, 0.15) is 4.90 Å². The molecule has 0 unspecified atom stereocenters. The second-order valence-corrected chi connectivity index (χ2v) is 6.98. The van der Waals surface area contributed by atoms with Crippen LogP contribution in [0.3, 0.4) is 0 Å². The molecule has 1 aromatic carbocycles. The predicted molar refractivity (Wildman–Crippen MR) is 76.6 cm³/mol. The molecule has 6 heteroatoms. The highest BCUT2D eigenvalue weighted by Crippen LogP contribution is 2.26. The van der Waals surface area contributed by atoms with Gasteiger partial charge < -0.3 is 10.5 Å². The summed E-state index contributed by atoms with van der Waals surface area (Å²) in [5.74, 6) is 0. The molecule has 3 N–H and O–H groups in total. The van der Waals surface area contributed by atoms with Crippen molar-refractivity contribution in [1.29, 1.82) is 0 Å². The van der Waals surface area contributed by atoms with Crippen LogP contribution in [-0.4, -0.2) is 27.7 Å². The standard InChI is InChI=1S/C13H22N2O3S/c1-9-6-7-10(2)12(11(9)14)19(16,17)15-13(3,4)8-18-5/h6-7,15H,8,14H2,1-5H3. The van der Waals surface area contributed by atoms with Gasteiger partial charge in [-0.15, -0.1) is 0 Å². The molecule has 0 spiro atoms. The zero-order valence-corrected chi connectivity index (χ0v) is 12.9. The number of nitrogens with two attached hydrogens (primary N) is 1. The molecule has 0 heterocycles. The fraction of sp³-hybridized carbons (Fsp3) is 0.538. The van der Waals surface area contributed by atoms with Gasteiger partial charge in [0.05, 0.1) is 17.8 Å².